The van der Waals surface area contributed by atoms with Crippen molar-refractivity contribution >= 4 is 20.4 Å². The Morgan fingerprint density at radius 3 is 1.45 bits per heavy atom. The Bertz CT molecular complexity index is 1300. The Balaban J connectivity index is 1.21. The summed E-state index contributed by atoms with van der Waals surface area (Å²) in [4.78, 5) is 0. The molecule has 0 unspecified atom stereocenters. The van der Waals surface area contributed by atoms with E-state index in [-0.39, 0.29) is 24.7 Å². The zero-order valence-corrected chi connectivity index (χ0v) is 21.3. The first-order valence-corrected chi connectivity index (χ1v) is 13.0. The molecule has 0 aliphatic heterocycles. The highest BCUT2D eigenvalue weighted by Gasteiger charge is 2.06. The zero-order chi connectivity index (χ0) is 26.6. The Hall–Kier alpha value is -4.03. The van der Waals surface area contributed by atoms with Gasteiger partial charge in [-0.15, -0.1) is 0 Å². The zero-order valence-electron chi connectivity index (χ0n) is 20.3. The summed E-state index contributed by atoms with van der Waals surface area (Å²) >= 11 is 0. The van der Waals surface area contributed by atoms with Crippen LogP contribution in [0.15, 0.2) is 109 Å². The molecule has 5 nitrogen and oxygen atoms in total. The SMILES string of the molecule is O=[PH](OCC=Cc1ccc(F)c(Oc2ccccc2)c1)OCC=Cc1ccc(F)c(Oc2ccccc2)c1. The fourth-order valence-corrected chi connectivity index (χ4v) is 3.82. The van der Waals surface area contributed by atoms with Crippen molar-refractivity contribution in [1.82, 2.24) is 0 Å². The molecule has 0 fully saturated rings. The van der Waals surface area contributed by atoms with Crippen LogP contribution in [0.25, 0.3) is 12.2 Å². The van der Waals surface area contributed by atoms with Gasteiger partial charge in [-0.1, -0.05) is 72.8 Å². The summed E-state index contributed by atoms with van der Waals surface area (Å²) in [7, 11) is -2.73. The van der Waals surface area contributed by atoms with Crippen LogP contribution in [-0.2, 0) is 13.6 Å². The first-order valence-electron chi connectivity index (χ1n) is 11.7. The van der Waals surface area contributed by atoms with Crippen LogP contribution in [-0.4, -0.2) is 13.2 Å². The minimum atomic E-state index is -2.73. The second-order valence-electron chi connectivity index (χ2n) is 7.89. The molecule has 38 heavy (non-hydrogen) atoms. The average Bonchev–Trinajstić information content (AvgIpc) is 2.93. The molecule has 0 amide bonds. The molecule has 4 rings (SSSR count). The van der Waals surface area contributed by atoms with E-state index >= 15 is 0 Å². The second kappa shape index (κ2) is 14.1. The van der Waals surface area contributed by atoms with Crippen LogP contribution in [0.2, 0.25) is 0 Å². The van der Waals surface area contributed by atoms with Crippen molar-refractivity contribution in [2.24, 2.45) is 0 Å². The lowest BCUT2D eigenvalue weighted by Gasteiger charge is -2.07. The summed E-state index contributed by atoms with van der Waals surface area (Å²) in [5, 5.41) is 0. The van der Waals surface area contributed by atoms with Gasteiger partial charge in [0.1, 0.15) is 11.5 Å². The smallest absolute Gasteiger partial charge is 0.319 e. The largest absolute Gasteiger partial charge is 0.454 e. The molecule has 4 aromatic carbocycles. The molecule has 0 spiro atoms. The van der Waals surface area contributed by atoms with Crippen molar-refractivity contribution in [1.29, 1.82) is 0 Å². The Kier molecular flexibility index (Phi) is 9.99. The van der Waals surface area contributed by atoms with Gasteiger partial charge < -0.3 is 18.5 Å². The average molecular weight is 534 g/mol. The van der Waals surface area contributed by atoms with E-state index in [0.717, 1.165) is 0 Å². The van der Waals surface area contributed by atoms with Crippen LogP contribution in [0.3, 0.4) is 0 Å². The number of rotatable bonds is 12. The van der Waals surface area contributed by atoms with Crippen molar-refractivity contribution in [3.63, 3.8) is 0 Å². The van der Waals surface area contributed by atoms with E-state index in [9.17, 15) is 13.3 Å². The van der Waals surface area contributed by atoms with E-state index < -0.39 is 19.9 Å². The summed E-state index contributed by atoms with van der Waals surface area (Å²) in [6.45, 7) is 0.0951. The molecule has 0 saturated carbocycles. The van der Waals surface area contributed by atoms with E-state index in [0.29, 0.717) is 22.6 Å². The third-order valence-corrected chi connectivity index (χ3v) is 5.87. The highest BCUT2D eigenvalue weighted by Crippen LogP contribution is 2.28. The summed E-state index contributed by atoms with van der Waals surface area (Å²) in [5.74, 6) is 0.302. The maximum Gasteiger partial charge on any atom is 0.319 e. The van der Waals surface area contributed by atoms with Gasteiger partial charge in [0.15, 0.2) is 23.1 Å². The minimum Gasteiger partial charge on any atom is -0.454 e. The van der Waals surface area contributed by atoms with E-state index in [2.05, 4.69) is 0 Å². The predicted molar refractivity (Wildman–Crippen MR) is 145 cm³/mol. The van der Waals surface area contributed by atoms with Gasteiger partial charge >= 0.3 is 8.25 Å². The lowest BCUT2D eigenvalue weighted by molar-refractivity contribution is 0.261. The van der Waals surface area contributed by atoms with Crippen LogP contribution in [0, 0.1) is 11.6 Å². The number of hydrogen-bond donors (Lipinski definition) is 0. The normalized spacial score (nSPS) is 12.2. The van der Waals surface area contributed by atoms with Crippen LogP contribution >= 0.6 is 8.25 Å². The van der Waals surface area contributed by atoms with Crippen molar-refractivity contribution in [3.05, 3.63) is 132 Å². The molecule has 0 aromatic heterocycles. The summed E-state index contributed by atoms with van der Waals surface area (Å²) in [6.07, 6.45) is 6.70. The lowest BCUT2D eigenvalue weighted by Crippen LogP contribution is -1.90. The number of benzene rings is 4. The van der Waals surface area contributed by atoms with Gasteiger partial charge in [-0.3, -0.25) is 4.57 Å². The number of hydrogen-bond acceptors (Lipinski definition) is 5. The van der Waals surface area contributed by atoms with Gasteiger partial charge in [0.2, 0.25) is 0 Å². The van der Waals surface area contributed by atoms with Crippen LogP contribution in [0.1, 0.15) is 11.1 Å². The molecule has 0 bridgehead atoms. The summed E-state index contributed by atoms with van der Waals surface area (Å²) < 4.78 is 61.7. The van der Waals surface area contributed by atoms with Crippen LogP contribution < -0.4 is 9.47 Å². The van der Waals surface area contributed by atoms with E-state index in [1.165, 1.54) is 12.1 Å². The second-order valence-corrected chi connectivity index (χ2v) is 8.96. The molecule has 0 aliphatic rings. The van der Waals surface area contributed by atoms with Crippen molar-refractivity contribution < 1.29 is 31.9 Å². The number of ether oxygens (including phenoxy) is 2. The Morgan fingerprint density at radius 2 is 1.03 bits per heavy atom. The number of halogens is 2. The summed E-state index contributed by atoms with van der Waals surface area (Å²) in [6, 6.07) is 26.8. The molecule has 194 valence electrons. The minimum absolute atomic E-state index is 0.0475. The van der Waals surface area contributed by atoms with Crippen LogP contribution in [0.5, 0.6) is 23.0 Å². The van der Waals surface area contributed by atoms with Gasteiger partial charge in [0.05, 0.1) is 13.2 Å². The monoisotopic (exact) mass is 534 g/mol. The van der Waals surface area contributed by atoms with Crippen molar-refractivity contribution in [3.8, 4) is 23.0 Å². The van der Waals surface area contributed by atoms with Crippen molar-refractivity contribution in [2.45, 2.75) is 0 Å². The highest BCUT2D eigenvalue weighted by molar-refractivity contribution is 7.33. The van der Waals surface area contributed by atoms with Crippen LogP contribution in [0.4, 0.5) is 8.78 Å². The molecule has 0 saturated heterocycles. The molecule has 0 radical (unpaired) electrons. The van der Waals surface area contributed by atoms with Crippen molar-refractivity contribution in [2.75, 3.05) is 13.2 Å². The third kappa shape index (κ3) is 8.53. The Labute approximate surface area is 220 Å². The fourth-order valence-electron chi connectivity index (χ4n) is 3.28. The molecule has 0 atom stereocenters. The summed E-state index contributed by atoms with van der Waals surface area (Å²) in [5.41, 5.74) is 1.39. The maximum atomic E-state index is 14.1. The van der Waals surface area contributed by atoms with Gasteiger partial charge in [-0.2, -0.15) is 0 Å². The molecule has 0 N–H and O–H groups in total. The highest BCUT2D eigenvalue weighted by atomic mass is 31.1. The topological polar surface area (TPSA) is 54.0 Å². The molecular weight excluding hydrogens is 509 g/mol. The molecular formula is C30H25F2O5P. The van der Waals surface area contributed by atoms with Gasteiger partial charge in [-0.05, 0) is 59.7 Å². The fraction of sp³-hybridized carbons (Fsp3) is 0.0667. The number of para-hydroxylation sites is 2. The third-order valence-electron chi connectivity index (χ3n) is 5.07. The standard InChI is InChI=1S/C30H25F2O5P/c31-27-17-15-23(21-29(27)36-25-11-3-1-4-12-25)9-7-19-34-38(33)35-20-8-10-24-16-18-28(32)30(22-24)37-26-13-5-2-6-14-26/h1-18,21-22,38H,19-20H2. The quantitative estimate of drug-likeness (QED) is 0.170. The van der Waals surface area contributed by atoms with Gasteiger partial charge in [0, 0.05) is 0 Å². The first kappa shape index (κ1) is 27.0. The first-order chi connectivity index (χ1) is 18.6. The molecule has 0 aliphatic carbocycles. The van der Waals surface area contributed by atoms with Gasteiger partial charge in [-0.25, -0.2) is 8.78 Å². The predicted octanol–water partition coefficient (Wildman–Crippen LogP) is 8.70. The van der Waals surface area contributed by atoms with E-state index in [4.69, 9.17) is 18.5 Å². The Morgan fingerprint density at radius 1 is 0.605 bits per heavy atom. The lowest BCUT2D eigenvalue weighted by atomic mass is 10.2. The van der Waals surface area contributed by atoms with E-state index in [1.54, 1.807) is 97.1 Å². The molecule has 0 heterocycles. The molecule has 8 heteroatoms. The maximum absolute atomic E-state index is 14.1. The van der Waals surface area contributed by atoms with E-state index in [1.807, 2.05) is 12.1 Å². The molecule has 4 aromatic rings. The van der Waals surface area contributed by atoms with Gasteiger partial charge in [0.25, 0.3) is 0 Å².